The molecule has 4 aromatic rings. The van der Waals surface area contributed by atoms with Crippen LogP contribution in [0.3, 0.4) is 0 Å². The van der Waals surface area contributed by atoms with Crippen molar-refractivity contribution in [3.63, 3.8) is 0 Å². The van der Waals surface area contributed by atoms with Crippen LogP contribution in [0.25, 0.3) is 21.7 Å². The minimum atomic E-state index is -4.63. The number of halogens is 3. The molecule has 12 heteroatoms. The van der Waals surface area contributed by atoms with Crippen LogP contribution < -0.4 is 10.5 Å². The molecule has 0 atom stereocenters. The number of nitrogens with two attached hydrogens (primary N) is 1. The molecule has 2 aliphatic rings. The maximum atomic E-state index is 16.0. The summed E-state index contributed by atoms with van der Waals surface area (Å²) in [5, 5.41) is 0.878. The van der Waals surface area contributed by atoms with Gasteiger partial charge in [0.1, 0.15) is 22.3 Å². The number of aromatic nitrogens is 2. The van der Waals surface area contributed by atoms with Crippen molar-refractivity contribution in [3.05, 3.63) is 77.2 Å². The predicted octanol–water partition coefficient (Wildman–Crippen LogP) is 6.01. The van der Waals surface area contributed by atoms with Gasteiger partial charge in [0.15, 0.2) is 5.82 Å². The predicted molar refractivity (Wildman–Crippen MR) is 149 cm³/mol. The molecule has 2 fully saturated rings. The molecule has 3 heterocycles. The van der Waals surface area contributed by atoms with Crippen LogP contribution in [-0.4, -0.2) is 42.4 Å². The van der Waals surface area contributed by atoms with E-state index in [-0.39, 0.29) is 11.5 Å². The van der Waals surface area contributed by atoms with E-state index < -0.39 is 38.1 Å². The van der Waals surface area contributed by atoms with Crippen molar-refractivity contribution >= 4 is 32.9 Å². The highest BCUT2D eigenvalue weighted by Gasteiger charge is 2.34. The molecule has 0 amide bonds. The van der Waals surface area contributed by atoms with Crippen molar-refractivity contribution in [2.45, 2.75) is 42.5 Å². The van der Waals surface area contributed by atoms with Gasteiger partial charge < -0.3 is 10.6 Å². The standard InChI is InChI=1S/C28H26F3N5O2S2/c29-18-4-7-21(30)23(15-18)40(37,38)35-22-3-1-2-20(25(22)31)26-27(17-8-11-33-24(32)14-17)39-28(34-26)16-9-12-36(13-10-16)19-5-6-19/h1-4,7-8,11,14-16,19,35H,5-6,9-10,12-13H2,(H2,32,33). The highest BCUT2D eigenvalue weighted by Crippen LogP contribution is 2.44. The average molecular weight is 586 g/mol. The number of nitrogens with one attached hydrogen (secondary N) is 1. The number of nitrogens with zero attached hydrogens (tertiary/aromatic N) is 3. The number of likely N-dealkylation sites (tertiary alicyclic amines) is 1. The topological polar surface area (TPSA) is 101 Å². The molecule has 2 aromatic carbocycles. The lowest BCUT2D eigenvalue weighted by atomic mass is 9.97. The van der Waals surface area contributed by atoms with Crippen LogP contribution in [-0.2, 0) is 10.0 Å². The number of piperidine rings is 1. The molecule has 1 saturated heterocycles. The number of benzene rings is 2. The monoisotopic (exact) mass is 585 g/mol. The lowest BCUT2D eigenvalue weighted by molar-refractivity contribution is 0.203. The van der Waals surface area contributed by atoms with Crippen molar-refractivity contribution in [3.8, 4) is 21.7 Å². The summed E-state index contributed by atoms with van der Waals surface area (Å²) in [6.07, 6.45) is 5.97. The first-order valence-electron chi connectivity index (χ1n) is 12.9. The summed E-state index contributed by atoms with van der Waals surface area (Å²) in [4.78, 5) is 11.2. The van der Waals surface area contributed by atoms with Gasteiger partial charge in [-0.05, 0) is 86.8 Å². The van der Waals surface area contributed by atoms with E-state index in [0.717, 1.165) is 37.0 Å². The number of anilines is 2. The van der Waals surface area contributed by atoms with E-state index in [0.29, 0.717) is 40.1 Å². The number of hydrogen-bond donors (Lipinski definition) is 2. The second-order valence-electron chi connectivity index (χ2n) is 10.1. The molecule has 0 spiro atoms. The SMILES string of the molecule is Nc1cc(-c2sc(C3CCN(C4CC4)CC3)nc2-c2cccc(NS(=O)(=O)c3cc(F)ccc3F)c2F)ccn1. The van der Waals surface area contributed by atoms with Crippen LogP contribution in [0.5, 0.6) is 0 Å². The second kappa shape index (κ2) is 10.5. The highest BCUT2D eigenvalue weighted by atomic mass is 32.2. The van der Waals surface area contributed by atoms with Gasteiger partial charge in [-0.2, -0.15) is 0 Å². The van der Waals surface area contributed by atoms with Crippen LogP contribution in [0.1, 0.15) is 36.6 Å². The fourth-order valence-corrected chi connectivity index (χ4v) is 7.50. The normalized spacial score (nSPS) is 16.8. The Morgan fingerprint density at radius 3 is 2.50 bits per heavy atom. The van der Waals surface area contributed by atoms with Crippen LogP contribution in [0, 0.1) is 17.5 Å². The Morgan fingerprint density at radius 2 is 1.77 bits per heavy atom. The Labute approximate surface area is 233 Å². The molecular formula is C28H26F3N5O2S2. The minimum absolute atomic E-state index is 0.0724. The van der Waals surface area contributed by atoms with Gasteiger partial charge in [-0.25, -0.2) is 31.6 Å². The third-order valence-corrected chi connectivity index (χ3v) is 9.96. The number of hydrogen-bond acceptors (Lipinski definition) is 7. The molecule has 1 aliphatic carbocycles. The third-order valence-electron chi connectivity index (χ3n) is 7.31. The molecule has 0 unspecified atom stereocenters. The van der Waals surface area contributed by atoms with Crippen LogP contribution in [0.4, 0.5) is 24.7 Å². The summed E-state index contributed by atoms with van der Waals surface area (Å²) in [6.45, 7) is 1.98. The van der Waals surface area contributed by atoms with Gasteiger partial charge in [0.2, 0.25) is 0 Å². The zero-order valence-electron chi connectivity index (χ0n) is 21.3. The van der Waals surface area contributed by atoms with Crippen LogP contribution >= 0.6 is 11.3 Å². The second-order valence-corrected chi connectivity index (χ2v) is 12.8. The maximum absolute atomic E-state index is 16.0. The fraction of sp³-hybridized carbons (Fsp3) is 0.286. The minimum Gasteiger partial charge on any atom is -0.384 e. The number of thiazole rings is 1. The molecule has 0 bridgehead atoms. The van der Waals surface area contributed by atoms with E-state index in [9.17, 15) is 17.2 Å². The zero-order valence-corrected chi connectivity index (χ0v) is 22.9. The van der Waals surface area contributed by atoms with E-state index in [4.69, 9.17) is 10.7 Å². The Bertz CT molecular complexity index is 1680. The summed E-state index contributed by atoms with van der Waals surface area (Å²) in [5.41, 5.74) is 6.68. The maximum Gasteiger partial charge on any atom is 0.265 e. The van der Waals surface area contributed by atoms with Crippen molar-refractivity contribution in [2.24, 2.45) is 0 Å². The zero-order chi connectivity index (χ0) is 28.0. The average Bonchev–Trinajstić information content (AvgIpc) is 3.69. The van der Waals surface area contributed by atoms with Crippen LogP contribution in [0.15, 0.2) is 59.6 Å². The molecule has 6 rings (SSSR count). The molecular weight excluding hydrogens is 559 g/mol. The van der Waals surface area contributed by atoms with Gasteiger partial charge in [-0.15, -0.1) is 11.3 Å². The molecule has 1 saturated carbocycles. The van der Waals surface area contributed by atoms with E-state index in [1.54, 1.807) is 18.3 Å². The van der Waals surface area contributed by atoms with E-state index >= 15 is 4.39 Å². The van der Waals surface area contributed by atoms with Crippen molar-refractivity contribution in [1.29, 1.82) is 0 Å². The summed E-state index contributed by atoms with van der Waals surface area (Å²) in [7, 11) is -4.63. The molecule has 2 aromatic heterocycles. The lowest BCUT2D eigenvalue weighted by Crippen LogP contribution is -2.34. The van der Waals surface area contributed by atoms with Crippen LogP contribution in [0.2, 0.25) is 0 Å². The molecule has 208 valence electrons. The fourth-order valence-electron chi connectivity index (χ4n) is 5.11. The number of rotatable bonds is 7. The first-order chi connectivity index (χ1) is 19.2. The molecule has 7 nitrogen and oxygen atoms in total. The Hall–Kier alpha value is -3.48. The largest absolute Gasteiger partial charge is 0.384 e. The van der Waals surface area contributed by atoms with Crippen molar-refractivity contribution < 1.29 is 21.6 Å². The van der Waals surface area contributed by atoms with Gasteiger partial charge in [-0.3, -0.25) is 4.72 Å². The first kappa shape index (κ1) is 26.7. The van der Waals surface area contributed by atoms with Crippen molar-refractivity contribution in [1.82, 2.24) is 14.9 Å². The first-order valence-corrected chi connectivity index (χ1v) is 15.2. The number of pyridine rings is 1. The Morgan fingerprint density at radius 1 is 1.00 bits per heavy atom. The lowest BCUT2D eigenvalue weighted by Gasteiger charge is -2.30. The van der Waals surface area contributed by atoms with E-state index in [1.807, 2.05) is 0 Å². The third kappa shape index (κ3) is 5.30. The highest BCUT2D eigenvalue weighted by molar-refractivity contribution is 7.92. The van der Waals surface area contributed by atoms with Gasteiger partial charge >= 0.3 is 0 Å². The van der Waals surface area contributed by atoms with E-state index in [2.05, 4.69) is 14.6 Å². The summed E-state index contributed by atoms with van der Waals surface area (Å²) in [5.74, 6) is -2.45. The van der Waals surface area contributed by atoms with Gasteiger partial charge in [0.05, 0.1) is 21.3 Å². The number of sulfonamides is 1. The molecule has 0 radical (unpaired) electrons. The van der Waals surface area contributed by atoms with Gasteiger partial charge in [0, 0.05) is 23.7 Å². The van der Waals surface area contributed by atoms with E-state index in [1.165, 1.54) is 42.4 Å². The molecule has 40 heavy (non-hydrogen) atoms. The summed E-state index contributed by atoms with van der Waals surface area (Å²) in [6, 6.07) is 10.4. The molecule has 3 N–H and O–H groups in total. The summed E-state index contributed by atoms with van der Waals surface area (Å²) < 4.78 is 71.7. The van der Waals surface area contributed by atoms with Gasteiger partial charge in [0.25, 0.3) is 10.0 Å². The quantitative estimate of drug-likeness (QED) is 0.275. The van der Waals surface area contributed by atoms with Crippen molar-refractivity contribution in [2.75, 3.05) is 23.5 Å². The van der Waals surface area contributed by atoms with Gasteiger partial charge in [-0.1, -0.05) is 6.07 Å². The Balaban J connectivity index is 1.38. The summed E-state index contributed by atoms with van der Waals surface area (Å²) >= 11 is 1.47. The molecule has 1 aliphatic heterocycles. The Kier molecular flexibility index (Phi) is 7.01. The smallest absolute Gasteiger partial charge is 0.265 e. The number of nitrogen functional groups attached to an aromatic ring is 1.